The average molecular weight is 328 g/mol. The molecule has 0 fully saturated rings. The number of methoxy groups -OCH3 is 1. The van der Waals surface area contributed by atoms with Crippen molar-refractivity contribution in [2.24, 2.45) is 0 Å². The number of rotatable bonds is 3. The van der Waals surface area contributed by atoms with Crippen LogP contribution in [0.5, 0.6) is 5.75 Å². The first-order chi connectivity index (χ1) is 8.63. The largest absolute Gasteiger partial charge is 0.496 e. The molecule has 3 nitrogen and oxygen atoms in total. The van der Waals surface area contributed by atoms with Gasteiger partial charge in [0.25, 0.3) is 0 Å². The van der Waals surface area contributed by atoms with E-state index in [4.69, 9.17) is 16.3 Å². The third kappa shape index (κ3) is 2.82. The molecule has 0 amide bonds. The Hall–Kier alpha value is -1.13. The van der Waals surface area contributed by atoms with Gasteiger partial charge in [-0.25, -0.2) is 9.97 Å². The molecular weight excluding hydrogens is 316 g/mol. The molecule has 0 unspecified atom stereocenters. The van der Waals surface area contributed by atoms with Gasteiger partial charge in [-0.05, 0) is 47.1 Å². The standard InChI is InChI=1S/C13H12BrClN2O/c1-8-5-11(17-13(7-15)16-8)9-3-4-12(18-2)10(14)6-9/h3-6H,7H2,1-2H3. The molecule has 1 heterocycles. The second kappa shape index (κ2) is 5.67. The lowest BCUT2D eigenvalue weighted by Gasteiger charge is -2.07. The normalized spacial score (nSPS) is 10.4. The highest BCUT2D eigenvalue weighted by atomic mass is 79.9. The van der Waals surface area contributed by atoms with Gasteiger partial charge in [-0.1, -0.05) is 0 Å². The summed E-state index contributed by atoms with van der Waals surface area (Å²) in [5.41, 5.74) is 2.77. The maximum Gasteiger partial charge on any atom is 0.143 e. The molecule has 2 aromatic rings. The van der Waals surface area contributed by atoms with E-state index >= 15 is 0 Å². The molecule has 0 spiro atoms. The van der Waals surface area contributed by atoms with Gasteiger partial charge in [0.15, 0.2) is 0 Å². The van der Waals surface area contributed by atoms with E-state index in [9.17, 15) is 0 Å². The van der Waals surface area contributed by atoms with Crippen LogP contribution in [0.2, 0.25) is 0 Å². The predicted octanol–water partition coefficient (Wildman–Crippen LogP) is 3.96. The summed E-state index contributed by atoms with van der Waals surface area (Å²) in [5, 5.41) is 0. The first kappa shape index (κ1) is 13.3. The lowest BCUT2D eigenvalue weighted by molar-refractivity contribution is 0.412. The third-order valence-corrected chi connectivity index (χ3v) is 3.33. The first-order valence-corrected chi connectivity index (χ1v) is 6.71. The van der Waals surface area contributed by atoms with Crippen molar-refractivity contribution in [3.8, 4) is 17.0 Å². The van der Waals surface area contributed by atoms with Gasteiger partial charge in [-0.2, -0.15) is 0 Å². The lowest BCUT2D eigenvalue weighted by atomic mass is 10.1. The van der Waals surface area contributed by atoms with E-state index in [1.807, 2.05) is 31.2 Å². The van der Waals surface area contributed by atoms with Crippen molar-refractivity contribution in [2.45, 2.75) is 12.8 Å². The van der Waals surface area contributed by atoms with Crippen molar-refractivity contribution in [1.82, 2.24) is 9.97 Å². The van der Waals surface area contributed by atoms with E-state index in [-0.39, 0.29) is 0 Å². The number of aryl methyl sites for hydroxylation is 1. The molecule has 18 heavy (non-hydrogen) atoms. The SMILES string of the molecule is COc1ccc(-c2cc(C)nc(CCl)n2)cc1Br. The van der Waals surface area contributed by atoms with E-state index < -0.39 is 0 Å². The fraction of sp³-hybridized carbons (Fsp3) is 0.231. The molecule has 0 bridgehead atoms. The van der Waals surface area contributed by atoms with Crippen LogP contribution in [-0.4, -0.2) is 17.1 Å². The van der Waals surface area contributed by atoms with Crippen LogP contribution in [0.15, 0.2) is 28.7 Å². The quantitative estimate of drug-likeness (QED) is 0.800. The summed E-state index contributed by atoms with van der Waals surface area (Å²) in [6.07, 6.45) is 0. The third-order valence-electron chi connectivity index (χ3n) is 2.47. The molecule has 1 aromatic heterocycles. The number of benzene rings is 1. The smallest absolute Gasteiger partial charge is 0.143 e. The zero-order valence-corrected chi connectivity index (χ0v) is 12.4. The monoisotopic (exact) mass is 326 g/mol. The highest BCUT2D eigenvalue weighted by molar-refractivity contribution is 9.10. The van der Waals surface area contributed by atoms with Gasteiger partial charge in [0, 0.05) is 11.3 Å². The van der Waals surface area contributed by atoms with E-state index in [0.29, 0.717) is 11.7 Å². The number of halogens is 2. The highest BCUT2D eigenvalue weighted by Crippen LogP contribution is 2.29. The Morgan fingerprint density at radius 3 is 2.67 bits per heavy atom. The van der Waals surface area contributed by atoms with Gasteiger partial charge in [-0.3, -0.25) is 0 Å². The van der Waals surface area contributed by atoms with Crippen LogP contribution >= 0.6 is 27.5 Å². The van der Waals surface area contributed by atoms with Crippen LogP contribution in [0.25, 0.3) is 11.3 Å². The van der Waals surface area contributed by atoms with E-state index in [1.54, 1.807) is 7.11 Å². The van der Waals surface area contributed by atoms with Crippen LogP contribution in [-0.2, 0) is 5.88 Å². The number of aromatic nitrogens is 2. The van der Waals surface area contributed by atoms with Gasteiger partial charge in [0.1, 0.15) is 11.6 Å². The minimum atomic E-state index is 0.312. The molecule has 0 aliphatic rings. The Kier molecular flexibility index (Phi) is 4.19. The Bertz CT molecular complexity index is 575. The van der Waals surface area contributed by atoms with Gasteiger partial charge in [0.05, 0.1) is 23.2 Å². The molecule has 94 valence electrons. The van der Waals surface area contributed by atoms with Crippen LogP contribution in [0.1, 0.15) is 11.5 Å². The molecule has 0 radical (unpaired) electrons. The molecule has 1 aromatic carbocycles. The Labute approximate surface area is 119 Å². The highest BCUT2D eigenvalue weighted by Gasteiger charge is 2.07. The molecular formula is C13H12BrClN2O. The summed E-state index contributed by atoms with van der Waals surface area (Å²) >= 11 is 9.25. The molecule has 0 aliphatic heterocycles. The lowest BCUT2D eigenvalue weighted by Crippen LogP contribution is -1.96. The molecule has 0 saturated carbocycles. The molecule has 0 aliphatic carbocycles. The van der Waals surface area contributed by atoms with Crippen molar-refractivity contribution in [1.29, 1.82) is 0 Å². The van der Waals surface area contributed by atoms with E-state index in [1.165, 1.54) is 0 Å². The maximum absolute atomic E-state index is 5.78. The fourth-order valence-corrected chi connectivity index (χ4v) is 2.32. The van der Waals surface area contributed by atoms with Crippen molar-refractivity contribution in [3.63, 3.8) is 0 Å². The Morgan fingerprint density at radius 2 is 2.06 bits per heavy atom. The zero-order chi connectivity index (χ0) is 13.1. The second-order valence-electron chi connectivity index (χ2n) is 3.79. The minimum Gasteiger partial charge on any atom is -0.496 e. The summed E-state index contributed by atoms with van der Waals surface area (Å²) in [6.45, 7) is 1.93. The molecule has 0 N–H and O–H groups in total. The van der Waals surface area contributed by atoms with Gasteiger partial charge < -0.3 is 4.74 Å². The van der Waals surface area contributed by atoms with Crippen molar-refractivity contribution in [3.05, 3.63) is 40.3 Å². The minimum absolute atomic E-state index is 0.312. The Morgan fingerprint density at radius 1 is 1.28 bits per heavy atom. The summed E-state index contributed by atoms with van der Waals surface area (Å²) in [5.74, 6) is 1.74. The number of alkyl halides is 1. The van der Waals surface area contributed by atoms with Crippen molar-refractivity contribution >= 4 is 27.5 Å². The van der Waals surface area contributed by atoms with Crippen LogP contribution < -0.4 is 4.74 Å². The Balaban J connectivity index is 2.48. The van der Waals surface area contributed by atoms with Gasteiger partial charge >= 0.3 is 0 Å². The fourth-order valence-electron chi connectivity index (χ4n) is 1.66. The average Bonchev–Trinajstić information content (AvgIpc) is 2.37. The topological polar surface area (TPSA) is 35.0 Å². The predicted molar refractivity (Wildman–Crippen MR) is 76.0 cm³/mol. The van der Waals surface area contributed by atoms with E-state index in [0.717, 1.165) is 27.2 Å². The van der Waals surface area contributed by atoms with Crippen LogP contribution in [0.3, 0.4) is 0 Å². The zero-order valence-electron chi connectivity index (χ0n) is 10.1. The molecule has 0 atom stereocenters. The number of nitrogens with zero attached hydrogens (tertiary/aromatic N) is 2. The molecule has 2 rings (SSSR count). The molecule has 5 heteroatoms. The number of ether oxygens (including phenoxy) is 1. The summed E-state index contributed by atoms with van der Waals surface area (Å²) < 4.78 is 6.10. The summed E-state index contributed by atoms with van der Waals surface area (Å²) in [6, 6.07) is 7.77. The van der Waals surface area contributed by atoms with Gasteiger partial charge in [0.2, 0.25) is 0 Å². The summed E-state index contributed by atoms with van der Waals surface area (Å²) in [4.78, 5) is 8.67. The van der Waals surface area contributed by atoms with E-state index in [2.05, 4.69) is 25.9 Å². The second-order valence-corrected chi connectivity index (χ2v) is 4.92. The molecule has 0 saturated heterocycles. The summed E-state index contributed by atoms with van der Waals surface area (Å²) in [7, 11) is 1.64. The van der Waals surface area contributed by atoms with Crippen molar-refractivity contribution < 1.29 is 4.74 Å². The first-order valence-electron chi connectivity index (χ1n) is 5.38. The van der Waals surface area contributed by atoms with Crippen LogP contribution in [0, 0.1) is 6.92 Å². The van der Waals surface area contributed by atoms with Crippen molar-refractivity contribution in [2.75, 3.05) is 7.11 Å². The number of hydrogen-bond donors (Lipinski definition) is 0. The van der Waals surface area contributed by atoms with Gasteiger partial charge in [-0.15, -0.1) is 11.6 Å². The van der Waals surface area contributed by atoms with Crippen LogP contribution in [0.4, 0.5) is 0 Å². The maximum atomic E-state index is 5.78. The number of hydrogen-bond acceptors (Lipinski definition) is 3.